The van der Waals surface area contributed by atoms with Gasteiger partial charge < -0.3 is 10.4 Å². The molecule has 0 spiro atoms. The van der Waals surface area contributed by atoms with Crippen LogP contribution in [-0.2, 0) is 0 Å². The Morgan fingerprint density at radius 3 is 2.88 bits per heavy atom. The second kappa shape index (κ2) is 2.33. The van der Waals surface area contributed by atoms with Crippen molar-refractivity contribution in [3.8, 4) is 0 Å². The summed E-state index contributed by atoms with van der Waals surface area (Å²) in [5.41, 5.74) is 0. The molecular weight excluding hydrogens is 170 g/mol. The molecule has 0 saturated carbocycles. The van der Waals surface area contributed by atoms with Crippen LogP contribution in [0.1, 0.15) is 0 Å². The standard InChI is InChI=1S/C5H6BrNO/c6-4-1-2-5(8)7-3-4/h1-3,5,7-8H. The molecule has 0 bridgehead atoms. The molecule has 2 nitrogen and oxygen atoms in total. The van der Waals surface area contributed by atoms with Crippen molar-refractivity contribution in [1.29, 1.82) is 0 Å². The van der Waals surface area contributed by atoms with Gasteiger partial charge in [-0.25, -0.2) is 0 Å². The SMILES string of the molecule is OC1C=CC(Br)=CN1. The van der Waals surface area contributed by atoms with E-state index in [9.17, 15) is 0 Å². The van der Waals surface area contributed by atoms with Crippen molar-refractivity contribution in [2.75, 3.05) is 0 Å². The van der Waals surface area contributed by atoms with Gasteiger partial charge >= 0.3 is 0 Å². The van der Waals surface area contributed by atoms with Crippen LogP contribution in [0.25, 0.3) is 0 Å². The topological polar surface area (TPSA) is 32.3 Å². The van der Waals surface area contributed by atoms with Crippen molar-refractivity contribution in [3.63, 3.8) is 0 Å². The summed E-state index contributed by atoms with van der Waals surface area (Å²) < 4.78 is 0.947. The lowest BCUT2D eigenvalue weighted by molar-refractivity contribution is 0.201. The molecule has 3 heteroatoms. The first kappa shape index (κ1) is 5.85. The summed E-state index contributed by atoms with van der Waals surface area (Å²) in [6.07, 6.45) is 4.63. The lowest BCUT2D eigenvalue weighted by Gasteiger charge is -2.08. The first-order valence-corrected chi connectivity index (χ1v) is 3.06. The van der Waals surface area contributed by atoms with Crippen molar-refractivity contribution >= 4 is 15.9 Å². The van der Waals surface area contributed by atoms with E-state index in [0.717, 1.165) is 4.48 Å². The highest BCUT2D eigenvalue weighted by atomic mass is 79.9. The second-order valence-electron chi connectivity index (χ2n) is 1.50. The van der Waals surface area contributed by atoms with E-state index in [2.05, 4.69) is 21.2 Å². The number of hydrogen-bond acceptors (Lipinski definition) is 2. The number of dihydropyridines is 1. The van der Waals surface area contributed by atoms with Crippen LogP contribution < -0.4 is 5.32 Å². The molecule has 0 amide bonds. The van der Waals surface area contributed by atoms with Gasteiger partial charge in [-0.2, -0.15) is 0 Å². The van der Waals surface area contributed by atoms with Gasteiger partial charge in [0.25, 0.3) is 0 Å². The average molecular weight is 176 g/mol. The van der Waals surface area contributed by atoms with Gasteiger partial charge in [-0.1, -0.05) is 0 Å². The number of aliphatic hydroxyl groups is 1. The maximum absolute atomic E-state index is 8.76. The van der Waals surface area contributed by atoms with E-state index in [-0.39, 0.29) is 0 Å². The summed E-state index contributed by atoms with van der Waals surface area (Å²) in [6.45, 7) is 0. The molecule has 0 saturated heterocycles. The van der Waals surface area contributed by atoms with Gasteiger partial charge in [0.15, 0.2) is 0 Å². The van der Waals surface area contributed by atoms with Crippen molar-refractivity contribution < 1.29 is 5.11 Å². The highest BCUT2D eigenvalue weighted by Crippen LogP contribution is 2.08. The molecule has 1 rings (SSSR count). The molecule has 1 heterocycles. The Labute approximate surface area is 56.0 Å². The van der Waals surface area contributed by atoms with Gasteiger partial charge in [0.05, 0.1) is 0 Å². The zero-order valence-electron chi connectivity index (χ0n) is 4.13. The van der Waals surface area contributed by atoms with E-state index in [1.807, 2.05) is 0 Å². The summed E-state index contributed by atoms with van der Waals surface area (Å²) in [5, 5.41) is 11.5. The summed E-state index contributed by atoms with van der Waals surface area (Å²) in [5.74, 6) is 0. The van der Waals surface area contributed by atoms with E-state index in [4.69, 9.17) is 5.11 Å². The van der Waals surface area contributed by atoms with Crippen molar-refractivity contribution in [2.24, 2.45) is 0 Å². The van der Waals surface area contributed by atoms with Crippen LogP contribution in [0.2, 0.25) is 0 Å². The molecule has 0 aromatic heterocycles. The zero-order chi connectivity index (χ0) is 5.98. The van der Waals surface area contributed by atoms with E-state index < -0.39 is 6.23 Å². The van der Waals surface area contributed by atoms with Gasteiger partial charge in [0.1, 0.15) is 6.23 Å². The van der Waals surface area contributed by atoms with Crippen LogP contribution in [0, 0.1) is 0 Å². The third kappa shape index (κ3) is 1.35. The lowest BCUT2D eigenvalue weighted by atomic mass is 10.4. The Bertz CT molecular complexity index is 141. The quantitative estimate of drug-likeness (QED) is 0.569. The van der Waals surface area contributed by atoms with Crippen LogP contribution >= 0.6 is 15.9 Å². The van der Waals surface area contributed by atoms with Crippen molar-refractivity contribution in [1.82, 2.24) is 5.32 Å². The third-order valence-corrected chi connectivity index (χ3v) is 1.32. The van der Waals surface area contributed by atoms with E-state index in [0.29, 0.717) is 0 Å². The summed E-state index contributed by atoms with van der Waals surface area (Å²) in [6, 6.07) is 0. The minimum absolute atomic E-state index is 0.517. The van der Waals surface area contributed by atoms with Crippen LogP contribution in [0.3, 0.4) is 0 Å². The van der Waals surface area contributed by atoms with Gasteiger partial charge in [-0.3, -0.25) is 0 Å². The van der Waals surface area contributed by atoms with E-state index in [1.165, 1.54) is 0 Å². The summed E-state index contributed by atoms with van der Waals surface area (Å²) in [4.78, 5) is 0. The van der Waals surface area contributed by atoms with E-state index >= 15 is 0 Å². The fraction of sp³-hybridized carbons (Fsp3) is 0.200. The molecule has 0 aromatic carbocycles. The molecule has 1 atom stereocenters. The number of aliphatic hydroxyl groups excluding tert-OH is 1. The Morgan fingerprint density at radius 2 is 2.50 bits per heavy atom. The largest absolute Gasteiger partial charge is 0.370 e. The molecule has 8 heavy (non-hydrogen) atoms. The highest BCUT2D eigenvalue weighted by molar-refractivity contribution is 9.11. The molecule has 2 N–H and O–H groups in total. The lowest BCUT2D eigenvalue weighted by Crippen LogP contribution is -2.22. The van der Waals surface area contributed by atoms with Gasteiger partial charge in [-0.15, -0.1) is 0 Å². The van der Waals surface area contributed by atoms with Crippen molar-refractivity contribution in [2.45, 2.75) is 6.23 Å². The first-order chi connectivity index (χ1) is 3.79. The molecule has 1 aliphatic rings. The van der Waals surface area contributed by atoms with Crippen LogP contribution in [0.4, 0.5) is 0 Å². The fourth-order valence-corrected chi connectivity index (χ4v) is 0.737. The minimum Gasteiger partial charge on any atom is -0.370 e. The van der Waals surface area contributed by atoms with Crippen molar-refractivity contribution in [3.05, 3.63) is 22.8 Å². The molecular formula is C5H6BrNO. The zero-order valence-corrected chi connectivity index (χ0v) is 5.72. The number of nitrogens with one attached hydrogen (secondary N) is 1. The maximum atomic E-state index is 8.76. The summed E-state index contributed by atoms with van der Waals surface area (Å²) >= 11 is 3.22. The average Bonchev–Trinajstić information content (AvgIpc) is 1.77. The first-order valence-electron chi connectivity index (χ1n) is 2.27. The number of hydrogen-bond donors (Lipinski definition) is 2. The predicted octanol–water partition coefficient (Wildman–Crippen LogP) is 0.701. The smallest absolute Gasteiger partial charge is 0.143 e. The molecule has 1 unspecified atom stereocenters. The predicted molar refractivity (Wildman–Crippen MR) is 35.3 cm³/mol. The number of allylic oxidation sites excluding steroid dienone is 2. The molecule has 0 fully saturated rings. The molecule has 0 aromatic rings. The van der Waals surface area contributed by atoms with Crippen LogP contribution in [-0.4, -0.2) is 11.3 Å². The Kier molecular flexibility index (Phi) is 1.70. The van der Waals surface area contributed by atoms with Crippen LogP contribution in [0.15, 0.2) is 22.8 Å². The molecule has 1 aliphatic heterocycles. The molecule has 0 radical (unpaired) electrons. The Morgan fingerprint density at radius 1 is 1.75 bits per heavy atom. The molecule has 44 valence electrons. The van der Waals surface area contributed by atoms with Crippen LogP contribution in [0.5, 0.6) is 0 Å². The highest BCUT2D eigenvalue weighted by Gasteiger charge is 1.98. The summed E-state index contributed by atoms with van der Waals surface area (Å²) in [7, 11) is 0. The van der Waals surface area contributed by atoms with Gasteiger partial charge in [-0.05, 0) is 28.1 Å². The normalized spacial score (nSPS) is 26.8. The fourth-order valence-electron chi connectivity index (χ4n) is 0.452. The Hall–Kier alpha value is -0.280. The minimum atomic E-state index is -0.517. The third-order valence-electron chi connectivity index (χ3n) is 0.830. The van der Waals surface area contributed by atoms with Gasteiger partial charge in [0.2, 0.25) is 0 Å². The number of halogens is 1. The monoisotopic (exact) mass is 175 g/mol. The molecule has 0 aliphatic carbocycles. The Balaban J connectivity index is 2.58. The van der Waals surface area contributed by atoms with Gasteiger partial charge in [0, 0.05) is 10.7 Å². The second-order valence-corrected chi connectivity index (χ2v) is 2.42. The number of rotatable bonds is 0. The maximum Gasteiger partial charge on any atom is 0.143 e. The van der Waals surface area contributed by atoms with E-state index in [1.54, 1.807) is 18.4 Å².